The van der Waals surface area contributed by atoms with Crippen molar-refractivity contribution in [2.24, 2.45) is 0 Å². The number of rotatable bonds is 3. The lowest BCUT2D eigenvalue weighted by Crippen LogP contribution is -2.34. The lowest BCUT2D eigenvalue weighted by atomic mass is 10.1. The first-order valence-corrected chi connectivity index (χ1v) is 9.08. The van der Waals surface area contributed by atoms with E-state index in [1.165, 1.54) is 17.7 Å². The molecule has 0 unspecified atom stereocenters. The fourth-order valence-corrected chi connectivity index (χ4v) is 3.58. The topological polar surface area (TPSA) is 78.5 Å². The summed E-state index contributed by atoms with van der Waals surface area (Å²) in [4.78, 5) is 14.2. The molecule has 6 nitrogen and oxygen atoms in total. The van der Waals surface area contributed by atoms with Crippen LogP contribution in [0.25, 0.3) is 0 Å². The summed E-state index contributed by atoms with van der Waals surface area (Å²) in [6.07, 6.45) is 0.972. The Morgan fingerprint density at radius 3 is 2.54 bits per heavy atom. The van der Waals surface area contributed by atoms with Crippen LogP contribution in [0.15, 0.2) is 47.4 Å². The van der Waals surface area contributed by atoms with Crippen LogP contribution >= 0.6 is 0 Å². The molecule has 2 aromatic rings. The molecule has 1 aliphatic rings. The number of aryl methyl sites for hydroxylation is 1. The number of amides is 2. The van der Waals surface area contributed by atoms with E-state index in [1.54, 1.807) is 18.2 Å². The second-order valence-electron chi connectivity index (χ2n) is 5.89. The highest BCUT2D eigenvalue weighted by Crippen LogP contribution is 2.29. The standard InChI is InChI=1S/C17H19N3O3S/c1-12-3-7-15(8-4-12)24(22,23)19-17(21)18-14-6-5-13-9-10-20(2)16(13)11-14/h3-8,11H,9-10H2,1-2H3,(H2,18,19,21). The average Bonchev–Trinajstić information content (AvgIpc) is 2.88. The predicted octanol–water partition coefficient (Wildman–Crippen LogP) is 2.50. The minimum Gasteiger partial charge on any atom is -0.374 e. The second-order valence-corrected chi connectivity index (χ2v) is 7.57. The molecular weight excluding hydrogens is 326 g/mol. The number of likely N-dealkylation sites (N-methyl/N-ethyl adjacent to an activating group) is 1. The van der Waals surface area contributed by atoms with Crippen molar-refractivity contribution in [2.75, 3.05) is 23.8 Å². The molecule has 0 saturated heterocycles. The van der Waals surface area contributed by atoms with E-state index >= 15 is 0 Å². The van der Waals surface area contributed by atoms with Crippen molar-refractivity contribution in [2.45, 2.75) is 18.2 Å². The molecule has 0 spiro atoms. The maximum Gasteiger partial charge on any atom is 0.333 e. The fourth-order valence-electron chi connectivity index (χ4n) is 2.67. The van der Waals surface area contributed by atoms with Crippen LogP contribution in [0.3, 0.4) is 0 Å². The largest absolute Gasteiger partial charge is 0.374 e. The average molecular weight is 345 g/mol. The summed E-state index contributed by atoms with van der Waals surface area (Å²) in [6, 6.07) is 11.1. The summed E-state index contributed by atoms with van der Waals surface area (Å²) in [5.74, 6) is 0. The zero-order valence-corrected chi connectivity index (χ0v) is 14.4. The third kappa shape index (κ3) is 3.35. The number of benzene rings is 2. The number of anilines is 2. The smallest absolute Gasteiger partial charge is 0.333 e. The van der Waals surface area contributed by atoms with Crippen LogP contribution in [0.5, 0.6) is 0 Å². The zero-order chi connectivity index (χ0) is 17.3. The molecule has 126 valence electrons. The number of urea groups is 1. The van der Waals surface area contributed by atoms with Gasteiger partial charge in [0.2, 0.25) is 0 Å². The molecule has 0 fully saturated rings. The first kappa shape index (κ1) is 16.3. The second kappa shape index (κ2) is 6.16. The van der Waals surface area contributed by atoms with Crippen molar-refractivity contribution in [3.63, 3.8) is 0 Å². The van der Waals surface area contributed by atoms with Gasteiger partial charge in [-0.25, -0.2) is 17.9 Å². The predicted molar refractivity (Wildman–Crippen MR) is 93.9 cm³/mol. The number of hydrogen-bond acceptors (Lipinski definition) is 4. The van der Waals surface area contributed by atoms with E-state index in [0.29, 0.717) is 5.69 Å². The van der Waals surface area contributed by atoms with Gasteiger partial charge in [0.15, 0.2) is 0 Å². The molecular formula is C17H19N3O3S. The first-order chi connectivity index (χ1) is 11.3. The minimum atomic E-state index is -3.89. The van der Waals surface area contributed by atoms with Crippen LogP contribution in [-0.4, -0.2) is 28.0 Å². The molecule has 1 heterocycles. The third-order valence-electron chi connectivity index (χ3n) is 4.03. The lowest BCUT2D eigenvalue weighted by molar-refractivity contribution is 0.256. The van der Waals surface area contributed by atoms with Crippen molar-refractivity contribution >= 4 is 27.4 Å². The first-order valence-electron chi connectivity index (χ1n) is 7.60. The Bertz CT molecular complexity index is 876. The number of carbonyl (C=O) groups is 1. The van der Waals surface area contributed by atoms with Gasteiger partial charge < -0.3 is 10.2 Å². The van der Waals surface area contributed by atoms with Crippen molar-refractivity contribution in [3.05, 3.63) is 53.6 Å². The van der Waals surface area contributed by atoms with Crippen molar-refractivity contribution in [1.82, 2.24) is 4.72 Å². The molecule has 1 aliphatic heterocycles. The third-order valence-corrected chi connectivity index (χ3v) is 5.38. The molecule has 0 bridgehead atoms. The van der Waals surface area contributed by atoms with Crippen molar-refractivity contribution < 1.29 is 13.2 Å². The van der Waals surface area contributed by atoms with Gasteiger partial charge in [0.1, 0.15) is 0 Å². The molecule has 0 aliphatic carbocycles. The van der Waals surface area contributed by atoms with Crippen LogP contribution in [0.4, 0.5) is 16.2 Å². The molecule has 3 rings (SSSR count). The molecule has 0 atom stereocenters. The number of fused-ring (bicyclic) bond motifs is 1. The summed E-state index contributed by atoms with van der Waals surface area (Å²) in [7, 11) is -1.91. The number of carbonyl (C=O) groups excluding carboxylic acids is 1. The molecule has 2 N–H and O–H groups in total. The summed E-state index contributed by atoms with van der Waals surface area (Å²) < 4.78 is 26.4. The van der Waals surface area contributed by atoms with Crippen LogP contribution < -0.4 is 14.9 Å². The number of sulfonamides is 1. The van der Waals surface area contributed by atoms with Gasteiger partial charge in [-0.3, -0.25) is 0 Å². The Hall–Kier alpha value is -2.54. The maximum atomic E-state index is 12.2. The number of nitrogens with one attached hydrogen (secondary N) is 2. The van der Waals surface area contributed by atoms with E-state index in [2.05, 4.69) is 10.2 Å². The lowest BCUT2D eigenvalue weighted by Gasteiger charge is -2.14. The van der Waals surface area contributed by atoms with Crippen LogP contribution in [0.1, 0.15) is 11.1 Å². The highest BCUT2D eigenvalue weighted by molar-refractivity contribution is 7.90. The Labute approximate surface area is 141 Å². The Balaban J connectivity index is 1.72. The minimum absolute atomic E-state index is 0.0527. The van der Waals surface area contributed by atoms with Crippen LogP contribution in [0.2, 0.25) is 0 Å². The van der Waals surface area contributed by atoms with E-state index in [9.17, 15) is 13.2 Å². The number of nitrogens with zero attached hydrogens (tertiary/aromatic N) is 1. The van der Waals surface area contributed by atoms with Crippen LogP contribution in [-0.2, 0) is 16.4 Å². The molecule has 2 amide bonds. The molecule has 7 heteroatoms. The summed E-state index contributed by atoms with van der Waals surface area (Å²) in [6.45, 7) is 2.80. The Morgan fingerprint density at radius 1 is 1.12 bits per heavy atom. The van der Waals surface area contributed by atoms with Gasteiger partial charge in [-0.15, -0.1) is 0 Å². The SMILES string of the molecule is Cc1ccc(S(=O)(=O)NC(=O)Nc2ccc3c(c2)N(C)CC3)cc1. The highest BCUT2D eigenvalue weighted by Gasteiger charge is 2.19. The van der Waals surface area contributed by atoms with Gasteiger partial charge >= 0.3 is 6.03 Å². The van der Waals surface area contributed by atoms with E-state index in [-0.39, 0.29) is 4.90 Å². The molecule has 0 aromatic heterocycles. The molecule has 0 radical (unpaired) electrons. The van der Waals surface area contributed by atoms with E-state index in [4.69, 9.17) is 0 Å². The fraction of sp³-hybridized carbons (Fsp3) is 0.235. The van der Waals surface area contributed by atoms with E-state index in [1.807, 2.05) is 30.8 Å². The molecule has 2 aromatic carbocycles. The quantitative estimate of drug-likeness (QED) is 0.896. The van der Waals surface area contributed by atoms with Crippen LogP contribution in [0, 0.1) is 6.92 Å². The normalized spacial score (nSPS) is 13.5. The van der Waals surface area contributed by atoms with Gasteiger partial charge in [0, 0.05) is 25.0 Å². The Kier molecular flexibility index (Phi) is 4.19. The summed E-state index contributed by atoms with van der Waals surface area (Å²) in [5, 5.41) is 2.57. The molecule has 24 heavy (non-hydrogen) atoms. The van der Waals surface area contributed by atoms with Gasteiger partial charge in [-0.05, 0) is 43.2 Å². The van der Waals surface area contributed by atoms with Gasteiger partial charge in [-0.1, -0.05) is 23.8 Å². The van der Waals surface area contributed by atoms with Crippen molar-refractivity contribution in [1.29, 1.82) is 0 Å². The highest BCUT2D eigenvalue weighted by atomic mass is 32.2. The van der Waals surface area contributed by atoms with Crippen molar-refractivity contribution in [3.8, 4) is 0 Å². The zero-order valence-electron chi connectivity index (χ0n) is 13.5. The maximum absolute atomic E-state index is 12.2. The monoisotopic (exact) mass is 345 g/mol. The number of hydrogen-bond donors (Lipinski definition) is 2. The summed E-state index contributed by atoms with van der Waals surface area (Å²) in [5.41, 5.74) is 3.77. The van der Waals surface area contributed by atoms with Gasteiger partial charge in [0.25, 0.3) is 10.0 Å². The molecule has 0 saturated carbocycles. The van der Waals surface area contributed by atoms with Gasteiger partial charge in [0.05, 0.1) is 4.90 Å². The summed E-state index contributed by atoms with van der Waals surface area (Å²) >= 11 is 0. The van der Waals surface area contributed by atoms with E-state index < -0.39 is 16.1 Å². The Morgan fingerprint density at radius 2 is 1.83 bits per heavy atom. The van der Waals surface area contributed by atoms with Gasteiger partial charge in [-0.2, -0.15) is 0 Å². The van der Waals surface area contributed by atoms with E-state index in [0.717, 1.165) is 24.2 Å².